The molecule has 0 fully saturated rings. The number of aromatic nitrogens is 2. The highest BCUT2D eigenvalue weighted by Gasteiger charge is 2.35. The third kappa shape index (κ3) is 5.84. The van der Waals surface area contributed by atoms with Crippen LogP contribution < -0.4 is 10.6 Å². The molecule has 1 heterocycles. The van der Waals surface area contributed by atoms with E-state index in [1.165, 1.54) is 11.6 Å². The van der Waals surface area contributed by atoms with Gasteiger partial charge >= 0.3 is 6.18 Å². The number of nitrogens with one attached hydrogen (secondary N) is 2. The summed E-state index contributed by atoms with van der Waals surface area (Å²) in [5, 5.41) is 6.03. The van der Waals surface area contributed by atoms with Gasteiger partial charge in [0.05, 0.1) is 0 Å². The van der Waals surface area contributed by atoms with Crippen LogP contribution >= 0.6 is 11.6 Å². The fraction of sp³-hybridized carbons (Fsp3) is 0.238. The zero-order chi connectivity index (χ0) is 21.0. The molecule has 0 aliphatic carbocycles. The Balaban J connectivity index is 1.86. The van der Waals surface area contributed by atoms with Crippen molar-refractivity contribution in [3.05, 3.63) is 70.9 Å². The molecule has 1 aromatic heterocycles. The van der Waals surface area contributed by atoms with Crippen molar-refractivity contribution in [3.63, 3.8) is 0 Å². The van der Waals surface area contributed by atoms with E-state index in [-0.39, 0.29) is 11.8 Å². The minimum absolute atomic E-state index is 0.0548. The quantitative estimate of drug-likeness (QED) is 0.458. The summed E-state index contributed by atoms with van der Waals surface area (Å²) in [5.74, 6) is 0.236. The first-order valence-electron chi connectivity index (χ1n) is 9.03. The van der Waals surface area contributed by atoms with Crippen LogP contribution in [0.25, 0.3) is 0 Å². The second kappa shape index (κ2) is 8.69. The van der Waals surface area contributed by atoms with Crippen LogP contribution in [0.3, 0.4) is 0 Å². The van der Waals surface area contributed by atoms with E-state index >= 15 is 0 Å². The molecule has 2 N–H and O–H groups in total. The monoisotopic (exact) mass is 420 g/mol. The molecule has 0 bridgehead atoms. The molecule has 0 amide bonds. The van der Waals surface area contributed by atoms with Gasteiger partial charge in [0.1, 0.15) is 11.4 Å². The second-order valence-electron chi connectivity index (χ2n) is 7.01. The van der Waals surface area contributed by atoms with Gasteiger partial charge in [-0.2, -0.15) is 18.2 Å². The number of alkyl halides is 3. The van der Waals surface area contributed by atoms with Crippen molar-refractivity contribution in [3.8, 4) is 0 Å². The van der Waals surface area contributed by atoms with E-state index < -0.39 is 11.7 Å². The summed E-state index contributed by atoms with van der Waals surface area (Å²) in [6.45, 7) is 4.27. The van der Waals surface area contributed by atoms with Gasteiger partial charge in [0.2, 0.25) is 5.95 Å². The summed E-state index contributed by atoms with van der Waals surface area (Å²) < 4.78 is 40.1. The predicted molar refractivity (Wildman–Crippen MR) is 110 cm³/mol. The Kier molecular flexibility index (Phi) is 6.27. The first-order chi connectivity index (χ1) is 13.7. The van der Waals surface area contributed by atoms with Gasteiger partial charge in [0, 0.05) is 22.6 Å². The van der Waals surface area contributed by atoms with E-state index in [4.69, 9.17) is 11.6 Å². The number of rotatable bonds is 6. The lowest BCUT2D eigenvalue weighted by Crippen LogP contribution is -2.12. The van der Waals surface area contributed by atoms with Gasteiger partial charge in [-0.1, -0.05) is 43.6 Å². The van der Waals surface area contributed by atoms with E-state index in [1.54, 1.807) is 18.2 Å². The highest BCUT2D eigenvalue weighted by molar-refractivity contribution is 6.30. The maximum atomic E-state index is 13.4. The Bertz CT molecular complexity index is 972. The molecule has 0 unspecified atom stereocenters. The van der Waals surface area contributed by atoms with Gasteiger partial charge in [-0.05, 0) is 48.2 Å². The van der Waals surface area contributed by atoms with E-state index in [2.05, 4.69) is 34.4 Å². The third-order valence-corrected chi connectivity index (χ3v) is 4.27. The van der Waals surface area contributed by atoms with Crippen LogP contribution in [0.4, 0.5) is 36.3 Å². The summed E-state index contributed by atoms with van der Waals surface area (Å²) in [6, 6.07) is 14.0. The summed E-state index contributed by atoms with van der Waals surface area (Å²) >= 11 is 5.92. The summed E-state index contributed by atoms with van der Waals surface area (Å²) in [4.78, 5) is 7.86. The Morgan fingerprint density at radius 3 is 2.34 bits per heavy atom. The minimum atomic E-state index is -4.60. The van der Waals surface area contributed by atoms with E-state index in [0.29, 0.717) is 22.3 Å². The van der Waals surface area contributed by atoms with Crippen molar-refractivity contribution in [2.75, 3.05) is 10.6 Å². The molecule has 0 radical (unpaired) electrons. The molecule has 0 spiro atoms. The molecule has 4 nitrogen and oxygen atoms in total. The largest absolute Gasteiger partial charge is 0.421 e. The van der Waals surface area contributed by atoms with Crippen molar-refractivity contribution in [1.29, 1.82) is 0 Å². The number of nitrogens with zero attached hydrogens (tertiary/aromatic N) is 2. The minimum Gasteiger partial charge on any atom is -0.340 e. The van der Waals surface area contributed by atoms with Crippen LogP contribution in [0, 0.1) is 5.92 Å². The molecular weight excluding hydrogens is 401 g/mol. The van der Waals surface area contributed by atoms with Crippen molar-refractivity contribution in [2.24, 2.45) is 5.92 Å². The van der Waals surface area contributed by atoms with Crippen molar-refractivity contribution < 1.29 is 13.2 Å². The standard InChI is InChI=1S/C21H20ClF3N4/c1-13(2)10-14-6-8-16(9-7-14)28-20-26-12-18(21(23,24)25)19(29-20)27-17-5-3-4-15(22)11-17/h3-9,11-13H,10H2,1-2H3,(H2,26,27,28,29). The Morgan fingerprint density at radius 1 is 1.00 bits per heavy atom. The third-order valence-electron chi connectivity index (χ3n) is 4.04. The zero-order valence-corrected chi connectivity index (χ0v) is 16.6. The fourth-order valence-corrected chi connectivity index (χ4v) is 2.96. The van der Waals surface area contributed by atoms with Crippen molar-refractivity contribution in [1.82, 2.24) is 9.97 Å². The maximum Gasteiger partial charge on any atom is 0.421 e. The normalized spacial score (nSPS) is 11.6. The van der Waals surface area contributed by atoms with E-state index in [9.17, 15) is 13.2 Å². The van der Waals surface area contributed by atoms with Crippen LogP contribution in [0.15, 0.2) is 54.7 Å². The van der Waals surface area contributed by atoms with Gasteiger partial charge in [-0.15, -0.1) is 0 Å². The molecule has 8 heteroatoms. The number of hydrogen-bond donors (Lipinski definition) is 2. The van der Waals surface area contributed by atoms with Crippen LogP contribution in [0.1, 0.15) is 25.0 Å². The molecule has 3 aromatic rings. The predicted octanol–water partition coefficient (Wildman–Crippen LogP) is 6.83. The van der Waals surface area contributed by atoms with Gasteiger partial charge < -0.3 is 10.6 Å². The second-order valence-corrected chi connectivity index (χ2v) is 7.45. The van der Waals surface area contributed by atoms with Gasteiger partial charge in [-0.3, -0.25) is 0 Å². The SMILES string of the molecule is CC(C)Cc1ccc(Nc2ncc(C(F)(F)F)c(Nc3cccc(Cl)c3)n2)cc1. The molecule has 29 heavy (non-hydrogen) atoms. The van der Waals surface area contributed by atoms with Crippen LogP contribution in [0.5, 0.6) is 0 Å². The van der Waals surface area contributed by atoms with Crippen LogP contribution in [-0.4, -0.2) is 9.97 Å². The molecule has 2 aromatic carbocycles. The van der Waals surface area contributed by atoms with Gasteiger partial charge in [0.25, 0.3) is 0 Å². The summed E-state index contributed by atoms with van der Waals surface area (Å²) in [6.07, 6.45) is -2.89. The zero-order valence-electron chi connectivity index (χ0n) is 15.9. The fourth-order valence-electron chi connectivity index (χ4n) is 2.77. The molecule has 3 rings (SSSR count). The van der Waals surface area contributed by atoms with Crippen molar-refractivity contribution in [2.45, 2.75) is 26.4 Å². The Hall–Kier alpha value is -2.80. The van der Waals surface area contributed by atoms with E-state index in [1.807, 2.05) is 24.3 Å². The molecule has 152 valence electrons. The lowest BCUT2D eigenvalue weighted by Gasteiger charge is -2.15. The smallest absolute Gasteiger partial charge is 0.340 e. The lowest BCUT2D eigenvalue weighted by atomic mass is 10.0. The van der Waals surface area contributed by atoms with Crippen LogP contribution in [-0.2, 0) is 12.6 Å². The summed E-state index contributed by atoms with van der Waals surface area (Å²) in [5.41, 5.74) is 1.30. The Morgan fingerprint density at radius 2 is 1.72 bits per heavy atom. The highest BCUT2D eigenvalue weighted by atomic mass is 35.5. The first kappa shape index (κ1) is 20.9. The number of anilines is 4. The topological polar surface area (TPSA) is 49.8 Å². The average molecular weight is 421 g/mol. The number of halogens is 4. The maximum absolute atomic E-state index is 13.4. The molecule has 0 aliphatic heterocycles. The van der Waals surface area contributed by atoms with E-state index in [0.717, 1.165) is 12.6 Å². The molecule has 0 aliphatic rings. The lowest BCUT2D eigenvalue weighted by molar-refractivity contribution is -0.137. The van der Waals surface area contributed by atoms with Gasteiger partial charge in [-0.25, -0.2) is 4.98 Å². The number of benzene rings is 2. The molecule has 0 saturated heterocycles. The Labute approximate surface area is 172 Å². The average Bonchev–Trinajstić information content (AvgIpc) is 2.62. The first-order valence-corrected chi connectivity index (χ1v) is 9.41. The van der Waals surface area contributed by atoms with Gasteiger partial charge in [0.15, 0.2) is 0 Å². The number of hydrogen-bond acceptors (Lipinski definition) is 4. The van der Waals surface area contributed by atoms with Crippen molar-refractivity contribution >= 4 is 34.7 Å². The highest BCUT2D eigenvalue weighted by Crippen LogP contribution is 2.35. The molecule has 0 saturated carbocycles. The molecule has 0 atom stereocenters. The molecular formula is C21H20ClF3N4. The summed E-state index contributed by atoms with van der Waals surface area (Å²) in [7, 11) is 0. The van der Waals surface area contributed by atoms with Crippen LogP contribution in [0.2, 0.25) is 5.02 Å².